The van der Waals surface area contributed by atoms with Gasteiger partial charge in [0.15, 0.2) is 0 Å². The summed E-state index contributed by atoms with van der Waals surface area (Å²) in [6.45, 7) is 6.01. The molecule has 0 amide bonds. The van der Waals surface area contributed by atoms with Gasteiger partial charge in [0.05, 0.1) is 0 Å². The van der Waals surface area contributed by atoms with Crippen LogP contribution in [0.3, 0.4) is 0 Å². The normalized spacial score (nSPS) is 18.9. The van der Waals surface area contributed by atoms with Crippen LogP contribution in [0.5, 0.6) is 5.75 Å². The van der Waals surface area contributed by atoms with Crippen molar-refractivity contribution in [3.8, 4) is 5.75 Å². The first-order valence-corrected chi connectivity index (χ1v) is 7.46. The van der Waals surface area contributed by atoms with Crippen molar-refractivity contribution in [1.82, 2.24) is 9.80 Å². The summed E-state index contributed by atoms with van der Waals surface area (Å²) in [6, 6.07) is 9.11. The summed E-state index contributed by atoms with van der Waals surface area (Å²) < 4.78 is 5.72. The fourth-order valence-corrected chi connectivity index (χ4v) is 2.46. The lowest BCUT2D eigenvalue weighted by Gasteiger charge is -2.23. The third kappa shape index (κ3) is 4.36. The highest BCUT2D eigenvalue weighted by molar-refractivity contribution is 5.27. The Morgan fingerprint density at radius 1 is 1.25 bits per heavy atom. The molecule has 3 nitrogen and oxygen atoms in total. The average Bonchev–Trinajstić information content (AvgIpc) is 2.87. The van der Waals surface area contributed by atoms with Gasteiger partial charge in [0.1, 0.15) is 12.4 Å². The molecule has 1 aliphatic heterocycles. The average molecular weight is 274 g/mol. The lowest BCUT2D eigenvalue weighted by molar-refractivity contribution is 0.256. The highest BCUT2D eigenvalue weighted by Crippen LogP contribution is 2.18. The van der Waals surface area contributed by atoms with E-state index >= 15 is 0 Å². The highest BCUT2D eigenvalue weighted by atomic mass is 16.5. The fraction of sp³-hybridized carbons (Fsp3) is 0.529. The molecule has 1 aromatic rings. The Hall–Kier alpha value is -1.32. The van der Waals surface area contributed by atoms with Crippen LogP contribution in [0.4, 0.5) is 0 Å². The zero-order valence-corrected chi connectivity index (χ0v) is 12.9. The van der Waals surface area contributed by atoms with E-state index in [0.29, 0.717) is 6.04 Å². The van der Waals surface area contributed by atoms with Crippen molar-refractivity contribution < 1.29 is 4.74 Å². The first kappa shape index (κ1) is 15.1. The van der Waals surface area contributed by atoms with Gasteiger partial charge in [-0.15, -0.1) is 0 Å². The van der Waals surface area contributed by atoms with Gasteiger partial charge in [-0.2, -0.15) is 0 Å². The van der Waals surface area contributed by atoms with E-state index in [9.17, 15) is 0 Å². The molecular formula is C17H26N2O. The number of ether oxygens (including phenoxy) is 1. The largest absolute Gasteiger partial charge is 0.492 e. The molecule has 0 bridgehead atoms. The second kappa shape index (κ2) is 7.46. The molecule has 3 heteroatoms. The Labute approximate surface area is 122 Å². The van der Waals surface area contributed by atoms with Crippen molar-refractivity contribution in [2.45, 2.75) is 25.9 Å². The monoisotopic (exact) mass is 274 g/mol. The molecule has 0 fully saturated rings. The molecule has 0 saturated carbocycles. The third-order valence-corrected chi connectivity index (χ3v) is 3.70. The van der Waals surface area contributed by atoms with Gasteiger partial charge >= 0.3 is 0 Å². The molecule has 0 saturated heterocycles. The molecule has 20 heavy (non-hydrogen) atoms. The van der Waals surface area contributed by atoms with Crippen molar-refractivity contribution in [3.63, 3.8) is 0 Å². The maximum Gasteiger partial charge on any atom is 0.119 e. The summed E-state index contributed by atoms with van der Waals surface area (Å²) in [6.07, 6.45) is 5.77. The molecule has 0 radical (unpaired) electrons. The van der Waals surface area contributed by atoms with Crippen LogP contribution in [0.25, 0.3) is 0 Å². The minimum atomic E-state index is 0.603. The first-order valence-electron chi connectivity index (χ1n) is 7.46. The fourth-order valence-electron chi connectivity index (χ4n) is 2.46. The molecule has 0 aliphatic carbocycles. The summed E-state index contributed by atoms with van der Waals surface area (Å²) in [4.78, 5) is 4.63. The molecule has 0 aromatic heterocycles. The summed E-state index contributed by atoms with van der Waals surface area (Å²) in [5, 5.41) is 0. The lowest BCUT2D eigenvalue weighted by atomic mass is 10.1. The van der Waals surface area contributed by atoms with E-state index in [2.05, 4.69) is 67.2 Å². The van der Waals surface area contributed by atoms with Crippen LogP contribution in [-0.4, -0.2) is 49.6 Å². The van der Waals surface area contributed by atoms with E-state index in [1.54, 1.807) is 0 Å². The topological polar surface area (TPSA) is 15.7 Å². The molecule has 0 N–H and O–H groups in total. The van der Waals surface area contributed by atoms with E-state index in [0.717, 1.165) is 32.0 Å². The predicted molar refractivity (Wildman–Crippen MR) is 84.1 cm³/mol. The quantitative estimate of drug-likeness (QED) is 0.711. The Morgan fingerprint density at radius 2 is 2.00 bits per heavy atom. The van der Waals surface area contributed by atoms with E-state index in [1.165, 1.54) is 12.0 Å². The zero-order chi connectivity index (χ0) is 14.4. The van der Waals surface area contributed by atoms with Crippen LogP contribution in [0.2, 0.25) is 0 Å². The van der Waals surface area contributed by atoms with Crippen LogP contribution in [0.1, 0.15) is 18.9 Å². The molecule has 2 rings (SSSR count). The molecule has 0 spiro atoms. The number of rotatable bonds is 7. The van der Waals surface area contributed by atoms with Gasteiger partial charge in [-0.1, -0.05) is 31.2 Å². The van der Waals surface area contributed by atoms with Gasteiger partial charge in [-0.3, -0.25) is 4.90 Å². The van der Waals surface area contributed by atoms with Gasteiger partial charge in [-0.05, 0) is 38.2 Å². The van der Waals surface area contributed by atoms with Crippen LogP contribution in [0, 0.1) is 0 Å². The van der Waals surface area contributed by atoms with Gasteiger partial charge in [0.2, 0.25) is 0 Å². The molecule has 1 aromatic carbocycles. The Bertz CT molecular complexity index is 425. The van der Waals surface area contributed by atoms with Crippen molar-refractivity contribution >= 4 is 0 Å². The SMILES string of the molecule is CC[C@H]1C=CCN1Cc1ccc(OCCN(C)C)cc1. The van der Waals surface area contributed by atoms with Crippen molar-refractivity contribution in [2.75, 3.05) is 33.8 Å². The molecule has 110 valence electrons. The molecule has 1 aliphatic rings. The number of nitrogens with zero attached hydrogens (tertiary/aromatic N) is 2. The number of hydrogen-bond acceptors (Lipinski definition) is 3. The summed E-state index contributed by atoms with van der Waals surface area (Å²) in [5.74, 6) is 0.960. The summed E-state index contributed by atoms with van der Waals surface area (Å²) >= 11 is 0. The van der Waals surface area contributed by atoms with Crippen molar-refractivity contribution in [1.29, 1.82) is 0 Å². The van der Waals surface area contributed by atoms with Crippen LogP contribution in [-0.2, 0) is 6.54 Å². The summed E-state index contributed by atoms with van der Waals surface area (Å²) in [7, 11) is 4.11. The Morgan fingerprint density at radius 3 is 2.65 bits per heavy atom. The Balaban J connectivity index is 1.82. The van der Waals surface area contributed by atoms with Crippen molar-refractivity contribution in [2.24, 2.45) is 0 Å². The minimum Gasteiger partial charge on any atom is -0.492 e. The second-order valence-electron chi connectivity index (χ2n) is 5.63. The van der Waals surface area contributed by atoms with Gasteiger partial charge in [0.25, 0.3) is 0 Å². The Kier molecular flexibility index (Phi) is 5.62. The second-order valence-corrected chi connectivity index (χ2v) is 5.63. The van der Waals surface area contributed by atoms with Crippen molar-refractivity contribution in [3.05, 3.63) is 42.0 Å². The number of likely N-dealkylation sites (N-methyl/N-ethyl adjacent to an activating group) is 1. The van der Waals surface area contributed by atoms with E-state index in [1.807, 2.05) is 0 Å². The van der Waals surface area contributed by atoms with Gasteiger partial charge < -0.3 is 9.64 Å². The molecule has 0 unspecified atom stereocenters. The summed E-state index contributed by atoms with van der Waals surface area (Å²) in [5.41, 5.74) is 1.35. The van der Waals surface area contributed by atoms with Crippen LogP contribution in [0.15, 0.2) is 36.4 Å². The third-order valence-electron chi connectivity index (χ3n) is 3.70. The van der Waals surface area contributed by atoms with Gasteiger partial charge in [0, 0.05) is 25.7 Å². The maximum absolute atomic E-state index is 5.72. The molecule has 1 heterocycles. The minimum absolute atomic E-state index is 0.603. The highest BCUT2D eigenvalue weighted by Gasteiger charge is 2.17. The van der Waals surface area contributed by atoms with E-state index < -0.39 is 0 Å². The zero-order valence-electron chi connectivity index (χ0n) is 12.9. The first-order chi connectivity index (χ1) is 9.69. The van der Waals surface area contributed by atoms with Crippen LogP contribution >= 0.6 is 0 Å². The van der Waals surface area contributed by atoms with E-state index in [4.69, 9.17) is 4.74 Å². The molecular weight excluding hydrogens is 248 g/mol. The number of hydrogen-bond donors (Lipinski definition) is 0. The smallest absolute Gasteiger partial charge is 0.119 e. The van der Waals surface area contributed by atoms with Crippen LogP contribution < -0.4 is 4.74 Å². The molecule has 1 atom stereocenters. The predicted octanol–water partition coefficient (Wildman–Crippen LogP) is 2.78. The number of benzene rings is 1. The lowest BCUT2D eigenvalue weighted by Crippen LogP contribution is -2.28. The van der Waals surface area contributed by atoms with E-state index in [-0.39, 0.29) is 0 Å². The van der Waals surface area contributed by atoms with Gasteiger partial charge in [-0.25, -0.2) is 0 Å². The maximum atomic E-state index is 5.72. The standard InChI is InChI=1S/C17H26N2O/c1-4-16-6-5-11-19(16)14-15-7-9-17(10-8-15)20-13-12-18(2)3/h5-10,16H,4,11-14H2,1-3H3/t16-/m0/s1.